The Bertz CT molecular complexity index is 816. The average molecular weight is 338 g/mol. The van der Waals surface area contributed by atoms with Crippen molar-refractivity contribution in [1.29, 1.82) is 0 Å². The van der Waals surface area contributed by atoms with Gasteiger partial charge < -0.3 is 10.6 Å². The smallest absolute Gasteiger partial charge is 0.251 e. The number of hydrogen-bond acceptors (Lipinski definition) is 2. The molecule has 130 valence electrons. The molecule has 1 aliphatic heterocycles. The average Bonchev–Trinajstić information content (AvgIpc) is 2.65. The molecule has 1 aliphatic carbocycles. The summed E-state index contributed by atoms with van der Waals surface area (Å²) >= 11 is 0. The summed E-state index contributed by atoms with van der Waals surface area (Å²) in [6, 6.07) is 9.26. The number of nitrogens with one attached hydrogen (secondary N) is 2. The van der Waals surface area contributed by atoms with Crippen molar-refractivity contribution in [2.24, 2.45) is 0 Å². The molecule has 4 rings (SSSR count). The van der Waals surface area contributed by atoms with Gasteiger partial charge in [0.2, 0.25) is 0 Å². The quantitative estimate of drug-likeness (QED) is 0.902. The van der Waals surface area contributed by atoms with Gasteiger partial charge in [0, 0.05) is 18.7 Å². The number of fused-ring (bicyclic) bond motifs is 2. The third-order valence-corrected chi connectivity index (χ3v) is 5.35. The highest BCUT2D eigenvalue weighted by atomic mass is 19.1. The summed E-state index contributed by atoms with van der Waals surface area (Å²) in [4.78, 5) is 12.7. The molecule has 0 aromatic heterocycles. The van der Waals surface area contributed by atoms with Crippen LogP contribution in [0.25, 0.3) is 0 Å². The first-order valence-corrected chi connectivity index (χ1v) is 9.12. The molecule has 0 fully saturated rings. The summed E-state index contributed by atoms with van der Waals surface area (Å²) in [7, 11) is 0. The Morgan fingerprint density at radius 1 is 1.08 bits per heavy atom. The van der Waals surface area contributed by atoms with Gasteiger partial charge in [-0.3, -0.25) is 4.79 Å². The Labute approximate surface area is 147 Å². The van der Waals surface area contributed by atoms with E-state index in [0.717, 1.165) is 36.9 Å². The molecule has 4 heteroatoms. The summed E-state index contributed by atoms with van der Waals surface area (Å²) in [5.74, 6) is -0.518. The van der Waals surface area contributed by atoms with E-state index in [2.05, 4.69) is 28.8 Å². The van der Waals surface area contributed by atoms with Gasteiger partial charge >= 0.3 is 0 Å². The Kier molecular flexibility index (Phi) is 4.53. The molecule has 1 heterocycles. The van der Waals surface area contributed by atoms with Crippen LogP contribution in [0, 0.1) is 5.82 Å². The number of benzene rings is 2. The number of amides is 1. The highest BCUT2D eigenvalue weighted by Gasteiger charge is 2.20. The molecule has 0 bridgehead atoms. The van der Waals surface area contributed by atoms with E-state index in [1.807, 2.05) is 0 Å². The molecule has 25 heavy (non-hydrogen) atoms. The van der Waals surface area contributed by atoms with Crippen LogP contribution in [0.4, 0.5) is 4.39 Å². The van der Waals surface area contributed by atoms with Gasteiger partial charge in [-0.1, -0.05) is 18.2 Å². The summed E-state index contributed by atoms with van der Waals surface area (Å²) in [5, 5.41) is 6.24. The zero-order valence-corrected chi connectivity index (χ0v) is 14.3. The standard InChI is InChI=1S/C21H23FN2O/c22-17-10-16-12-23-9-8-19(16)20(11-17)21(25)24-13-15-6-3-5-14-4-1-2-7-18(14)15/h3,5-6,10-11,23H,1-2,4,7-9,12-13H2,(H,24,25). The van der Waals surface area contributed by atoms with Crippen LogP contribution in [0.1, 0.15) is 51.0 Å². The second-order valence-electron chi connectivity index (χ2n) is 6.96. The molecule has 3 nitrogen and oxygen atoms in total. The fraction of sp³-hybridized carbons (Fsp3) is 0.381. The molecule has 2 aromatic rings. The van der Waals surface area contributed by atoms with Crippen molar-refractivity contribution in [3.63, 3.8) is 0 Å². The molecule has 0 saturated heterocycles. The molecule has 2 N–H and O–H groups in total. The van der Waals surface area contributed by atoms with Crippen LogP contribution in [0.2, 0.25) is 0 Å². The van der Waals surface area contributed by atoms with Gasteiger partial charge in [0.05, 0.1) is 0 Å². The van der Waals surface area contributed by atoms with E-state index in [4.69, 9.17) is 0 Å². The SMILES string of the molecule is O=C(NCc1cccc2c1CCCC2)c1cc(F)cc2c1CCNC2. The van der Waals surface area contributed by atoms with Gasteiger partial charge in [0.15, 0.2) is 0 Å². The normalized spacial score (nSPS) is 16.0. The van der Waals surface area contributed by atoms with Crippen LogP contribution < -0.4 is 10.6 Å². The van der Waals surface area contributed by atoms with E-state index in [-0.39, 0.29) is 11.7 Å². The molecule has 0 radical (unpaired) electrons. The molecule has 0 atom stereocenters. The van der Waals surface area contributed by atoms with Crippen molar-refractivity contribution < 1.29 is 9.18 Å². The Hall–Kier alpha value is -2.20. The fourth-order valence-electron chi connectivity index (χ4n) is 4.08. The maximum absolute atomic E-state index is 13.9. The monoisotopic (exact) mass is 338 g/mol. The lowest BCUT2D eigenvalue weighted by Crippen LogP contribution is -2.30. The van der Waals surface area contributed by atoms with Gasteiger partial charge in [-0.2, -0.15) is 0 Å². The van der Waals surface area contributed by atoms with Crippen LogP contribution in [0.5, 0.6) is 0 Å². The van der Waals surface area contributed by atoms with Gasteiger partial charge in [-0.25, -0.2) is 4.39 Å². The highest BCUT2D eigenvalue weighted by Crippen LogP contribution is 2.25. The van der Waals surface area contributed by atoms with Crippen molar-refractivity contribution in [2.45, 2.75) is 45.2 Å². The second-order valence-corrected chi connectivity index (χ2v) is 6.96. The molecular weight excluding hydrogens is 315 g/mol. The minimum atomic E-state index is -0.343. The van der Waals surface area contributed by atoms with Crippen molar-refractivity contribution in [3.8, 4) is 0 Å². The third-order valence-electron chi connectivity index (χ3n) is 5.35. The molecule has 0 saturated carbocycles. The van der Waals surface area contributed by atoms with E-state index >= 15 is 0 Å². The van der Waals surface area contributed by atoms with Crippen molar-refractivity contribution in [3.05, 3.63) is 69.5 Å². The van der Waals surface area contributed by atoms with E-state index in [1.54, 1.807) is 0 Å². The van der Waals surface area contributed by atoms with Crippen molar-refractivity contribution in [1.82, 2.24) is 10.6 Å². The maximum atomic E-state index is 13.9. The van der Waals surface area contributed by atoms with E-state index in [1.165, 1.54) is 41.7 Å². The molecule has 1 amide bonds. The first kappa shape index (κ1) is 16.3. The van der Waals surface area contributed by atoms with Crippen LogP contribution in [-0.4, -0.2) is 12.5 Å². The predicted molar refractivity (Wildman–Crippen MR) is 96.1 cm³/mol. The number of hydrogen-bond donors (Lipinski definition) is 2. The number of halogens is 1. The second kappa shape index (κ2) is 6.96. The molecule has 0 unspecified atom stereocenters. The lowest BCUT2D eigenvalue weighted by molar-refractivity contribution is 0.0949. The Balaban J connectivity index is 1.55. The van der Waals surface area contributed by atoms with E-state index in [0.29, 0.717) is 18.7 Å². The predicted octanol–water partition coefficient (Wildman–Crippen LogP) is 3.28. The van der Waals surface area contributed by atoms with Gasteiger partial charge in [0.1, 0.15) is 5.82 Å². The van der Waals surface area contributed by atoms with E-state index in [9.17, 15) is 9.18 Å². The third kappa shape index (κ3) is 3.31. The van der Waals surface area contributed by atoms with Gasteiger partial charge in [-0.15, -0.1) is 0 Å². The van der Waals surface area contributed by atoms with Crippen molar-refractivity contribution in [2.75, 3.05) is 6.54 Å². The maximum Gasteiger partial charge on any atom is 0.251 e. The molecule has 0 spiro atoms. The lowest BCUT2D eigenvalue weighted by Gasteiger charge is -2.21. The van der Waals surface area contributed by atoms with Gasteiger partial charge in [0.25, 0.3) is 5.91 Å². The molecular formula is C21H23FN2O. The van der Waals surface area contributed by atoms with Crippen molar-refractivity contribution >= 4 is 5.91 Å². The highest BCUT2D eigenvalue weighted by molar-refractivity contribution is 5.96. The summed E-state index contributed by atoms with van der Waals surface area (Å²) in [5.41, 5.74) is 6.35. The first-order valence-electron chi connectivity index (χ1n) is 9.12. The zero-order valence-electron chi connectivity index (χ0n) is 14.3. The Morgan fingerprint density at radius 3 is 2.88 bits per heavy atom. The van der Waals surface area contributed by atoms with Crippen LogP contribution in [-0.2, 0) is 32.4 Å². The summed E-state index contributed by atoms with van der Waals surface area (Å²) in [6.45, 7) is 1.95. The molecule has 2 aliphatic rings. The van der Waals surface area contributed by atoms with Crippen LogP contribution in [0.15, 0.2) is 30.3 Å². The lowest BCUT2D eigenvalue weighted by atomic mass is 9.88. The minimum Gasteiger partial charge on any atom is -0.348 e. The number of rotatable bonds is 3. The van der Waals surface area contributed by atoms with Gasteiger partial charge in [-0.05, 0) is 78.6 Å². The van der Waals surface area contributed by atoms with Crippen LogP contribution in [0.3, 0.4) is 0 Å². The topological polar surface area (TPSA) is 41.1 Å². The van der Waals surface area contributed by atoms with E-state index < -0.39 is 0 Å². The summed E-state index contributed by atoms with van der Waals surface area (Å²) in [6.07, 6.45) is 5.43. The zero-order chi connectivity index (χ0) is 17.2. The Morgan fingerprint density at radius 2 is 1.96 bits per heavy atom. The minimum absolute atomic E-state index is 0.175. The molecule has 2 aromatic carbocycles. The largest absolute Gasteiger partial charge is 0.348 e. The van der Waals surface area contributed by atoms with Crippen LogP contribution >= 0.6 is 0 Å². The number of aryl methyl sites for hydroxylation is 1. The summed E-state index contributed by atoms with van der Waals surface area (Å²) < 4.78 is 13.9. The number of carbonyl (C=O) groups excluding carboxylic acids is 1. The first-order chi connectivity index (χ1) is 12.2. The fourth-order valence-corrected chi connectivity index (χ4v) is 4.08. The number of carbonyl (C=O) groups is 1.